The Bertz CT molecular complexity index is 1090. The lowest BCUT2D eigenvalue weighted by Gasteiger charge is -2.33. The van der Waals surface area contributed by atoms with Crippen molar-refractivity contribution < 1.29 is 18.0 Å². The minimum atomic E-state index is -3.70. The van der Waals surface area contributed by atoms with Crippen LogP contribution in [0.25, 0.3) is 0 Å². The summed E-state index contributed by atoms with van der Waals surface area (Å²) in [5, 5.41) is -0.674. The molecule has 0 N–H and O–H groups in total. The summed E-state index contributed by atoms with van der Waals surface area (Å²) in [6.45, 7) is 7.11. The Balaban J connectivity index is 1.87. The zero-order valence-electron chi connectivity index (χ0n) is 17.5. The van der Waals surface area contributed by atoms with Gasteiger partial charge < -0.3 is 4.90 Å². The van der Waals surface area contributed by atoms with Crippen LogP contribution in [0.1, 0.15) is 54.3 Å². The molecular formula is C23H26N2O4S. The summed E-state index contributed by atoms with van der Waals surface area (Å²) >= 11 is 0. The molecule has 2 aliphatic heterocycles. The molecule has 1 saturated heterocycles. The van der Waals surface area contributed by atoms with Gasteiger partial charge in [-0.25, -0.2) is 13.3 Å². The van der Waals surface area contributed by atoms with Gasteiger partial charge in [0.2, 0.25) is 0 Å². The number of carbonyl (C=O) groups is 2. The highest BCUT2D eigenvalue weighted by Crippen LogP contribution is 2.37. The lowest BCUT2D eigenvalue weighted by atomic mass is 9.99. The second-order valence-electron chi connectivity index (χ2n) is 8.43. The summed E-state index contributed by atoms with van der Waals surface area (Å²) in [6, 6.07) is 11.6. The van der Waals surface area contributed by atoms with Crippen LogP contribution in [0.15, 0.2) is 47.4 Å². The van der Waals surface area contributed by atoms with Crippen molar-refractivity contribution >= 4 is 33.0 Å². The Hall–Kier alpha value is -2.67. The molecule has 0 bridgehead atoms. The molecule has 0 saturated carbocycles. The van der Waals surface area contributed by atoms with E-state index in [9.17, 15) is 18.0 Å². The first-order valence-electron chi connectivity index (χ1n) is 10.3. The molecule has 0 spiro atoms. The third-order valence-corrected chi connectivity index (χ3v) is 8.13. The van der Waals surface area contributed by atoms with E-state index in [2.05, 4.69) is 11.8 Å². The van der Waals surface area contributed by atoms with Gasteiger partial charge in [0.05, 0.1) is 27.0 Å². The van der Waals surface area contributed by atoms with Gasteiger partial charge in [-0.1, -0.05) is 19.1 Å². The number of anilines is 2. The minimum Gasteiger partial charge on any atom is -0.371 e. The molecule has 2 aromatic carbocycles. The first kappa shape index (κ1) is 20.6. The first-order chi connectivity index (χ1) is 14.2. The Kier molecular flexibility index (Phi) is 5.18. The maximum atomic E-state index is 13.1. The Morgan fingerprint density at radius 2 is 1.63 bits per heavy atom. The van der Waals surface area contributed by atoms with Crippen molar-refractivity contribution in [3.05, 3.63) is 53.6 Å². The van der Waals surface area contributed by atoms with E-state index >= 15 is 0 Å². The predicted octanol–water partition coefficient (Wildman–Crippen LogP) is 3.91. The SMILES string of the molecule is CC1CCCN(c2ccc(S(=O)(=O)C(C)C)c(N3C(=O)c4ccccc4C3=O)c2)C1. The Labute approximate surface area is 177 Å². The topological polar surface area (TPSA) is 74.8 Å². The number of amides is 2. The first-order valence-corrected chi connectivity index (χ1v) is 11.9. The summed E-state index contributed by atoms with van der Waals surface area (Å²) in [5.41, 5.74) is 1.57. The van der Waals surface area contributed by atoms with Gasteiger partial charge in [0, 0.05) is 18.8 Å². The zero-order chi connectivity index (χ0) is 21.6. The van der Waals surface area contributed by atoms with E-state index in [1.807, 2.05) is 0 Å². The third kappa shape index (κ3) is 3.31. The molecule has 0 aliphatic carbocycles. The van der Waals surface area contributed by atoms with Crippen LogP contribution in [-0.2, 0) is 9.84 Å². The fraction of sp³-hybridized carbons (Fsp3) is 0.391. The molecular weight excluding hydrogens is 400 g/mol. The number of hydrogen-bond donors (Lipinski definition) is 0. The van der Waals surface area contributed by atoms with E-state index in [1.54, 1.807) is 56.3 Å². The maximum absolute atomic E-state index is 13.1. The van der Waals surface area contributed by atoms with Gasteiger partial charge in [0.15, 0.2) is 9.84 Å². The van der Waals surface area contributed by atoms with Crippen molar-refractivity contribution in [2.45, 2.75) is 43.8 Å². The van der Waals surface area contributed by atoms with Crippen LogP contribution < -0.4 is 9.80 Å². The summed E-state index contributed by atoms with van der Waals surface area (Å²) in [6.07, 6.45) is 2.21. The molecule has 2 aromatic rings. The normalized spacial score (nSPS) is 19.5. The van der Waals surface area contributed by atoms with Gasteiger partial charge >= 0.3 is 0 Å². The summed E-state index contributed by atoms with van der Waals surface area (Å²) < 4.78 is 26.1. The lowest BCUT2D eigenvalue weighted by molar-refractivity contribution is 0.0925. The van der Waals surface area contributed by atoms with Gasteiger partial charge in [-0.05, 0) is 62.9 Å². The number of imide groups is 1. The molecule has 2 aliphatic rings. The van der Waals surface area contributed by atoms with Crippen LogP contribution in [0.4, 0.5) is 11.4 Å². The molecule has 0 radical (unpaired) electrons. The third-order valence-electron chi connectivity index (χ3n) is 5.93. The highest BCUT2D eigenvalue weighted by molar-refractivity contribution is 7.92. The smallest absolute Gasteiger partial charge is 0.266 e. The van der Waals surface area contributed by atoms with Crippen molar-refractivity contribution in [2.24, 2.45) is 5.92 Å². The highest BCUT2D eigenvalue weighted by atomic mass is 32.2. The van der Waals surface area contributed by atoms with Crippen molar-refractivity contribution in [3.63, 3.8) is 0 Å². The van der Waals surface area contributed by atoms with Gasteiger partial charge in [-0.3, -0.25) is 9.59 Å². The average Bonchev–Trinajstić information content (AvgIpc) is 2.98. The summed E-state index contributed by atoms with van der Waals surface area (Å²) in [7, 11) is -3.70. The molecule has 7 heteroatoms. The van der Waals surface area contributed by atoms with Crippen LogP contribution in [0.5, 0.6) is 0 Å². The van der Waals surface area contributed by atoms with Crippen LogP contribution >= 0.6 is 0 Å². The van der Waals surface area contributed by atoms with Crippen LogP contribution in [0.3, 0.4) is 0 Å². The molecule has 2 heterocycles. The van der Waals surface area contributed by atoms with E-state index in [1.165, 1.54) is 0 Å². The van der Waals surface area contributed by atoms with E-state index in [0.717, 1.165) is 36.5 Å². The van der Waals surface area contributed by atoms with Crippen LogP contribution in [0.2, 0.25) is 0 Å². The molecule has 1 atom stereocenters. The molecule has 1 fully saturated rings. The minimum absolute atomic E-state index is 0.0146. The van der Waals surface area contributed by atoms with E-state index in [0.29, 0.717) is 17.0 Å². The van der Waals surface area contributed by atoms with Gasteiger partial charge in [-0.2, -0.15) is 0 Å². The number of carbonyl (C=O) groups excluding carboxylic acids is 2. The number of sulfone groups is 1. The Morgan fingerprint density at radius 1 is 1.00 bits per heavy atom. The molecule has 6 nitrogen and oxygen atoms in total. The lowest BCUT2D eigenvalue weighted by Crippen LogP contribution is -2.35. The quantitative estimate of drug-likeness (QED) is 0.693. The second-order valence-corrected chi connectivity index (χ2v) is 10.9. The number of nitrogens with zero attached hydrogens (tertiary/aromatic N) is 2. The van der Waals surface area contributed by atoms with Crippen LogP contribution in [0, 0.1) is 5.92 Å². The highest BCUT2D eigenvalue weighted by Gasteiger charge is 2.39. The molecule has 2 amide bonds. The number of benzene rings is 2. The maximum Gasteiger partial charge on any atom is 0.266 e. The number of rotatable bonds is 4. The van der Waals surface area contributed by atoms with Crippen molar-refractivity contribution in [2.75, 3.05) is 22.9 Å². The van der Waals surface area contributed by atoms with Gasteiger partial charge in [0.1, 0.15) is 0 Å². The molecule has 30 heavy (non-hydrogen) atoms. The van der Waals surface area contributed by atoms with Crippen molar-refractivity contribution in [1.82, 2.24) is 0 Å². The van der Waals surface area contributed by atoms with E-state index in [4.69, 9.17) is 0 Å². The molecule has 0 aromatic heterocycles. The van der Waals surface area contributed by atoms with Crippen molar-refractivity contribution in [1.29, 1.82) is 0 Å². The van der Waals surface area contributed by atoms with Crippen molar-refractivity contribution in [3.8, 4) is 0 Å². The number of piperidine rings is 1. The summed E-state index contributed by atoms with van der Waals surface area (Å²) in [4.78, 5) is 29.4. The largest absolute Gasteiger partial charge is 0.371 e. The fourth-order valence-electron chi connectivity index (χ4n) is 4.20. The number of hydrogen-bond acceptors (Lipinski definition) is 5. The Morgan fingerprint density at radius 3 is 2.20 bits per heavy atom. The zero-order valence-corrected chi connectivity index (χ0v) is 18.3. The standard InChI is InChI=1S/C23H26N2O4S/c1-15(2)30(28,29)21-11-10-17(24-12-6-7-16(3)14-24)13-20(21)25-22(26)18-8-4-5-9-19(18)23(25)27/h4-5,8-11,13,15-16H,6-7,12,14H2,1-3H3. The summed E-state index contributed by atoms with van der Waals surface area (Å²) in [5.74, 6) is -0.444. The van der Waals surface area contributed by atoms with E-state index < -0.39 is 26.9 Å². The fourth-order valence-corrected chi connectivity index (χ4v) is 5.41. The monoisotopic (exact) mass is 426 g/mol. The van der Waals surface area contributed by atoms with Gasteiger partial charge in [-0.15, -0.1) is 0 Å². The number of fused-ring (bicyclic) bond motifs is 1. The van der Waals surface area contributed by atoms with E-state index in [-0.39, 0.29) is 10.6 Å². The van der Waals surface area contributed by atoms with Gasteiger partial charge in [0.25, 0.3) is 11.8 Å². The molecule has 1 unspecified atom stereocenters. The average molecular weight is 427 g/mol. The second kappa shape index (κ2) is 7.54. The van der Waals surface area contributed by atoms with Crippen LogP contribution in [-0.4, -0.2) is 38.6 Å². The molecule has 4 rings (SSSR count). The molecule has 158 valence electrons. The predicted molar refractivity (Wildman–Crippen MR) is 117 cm³/mol.